The van der Waals surface area contributed by atoms with Crippen LogP contribution in [0.3, 0.4) is 0 Å². The lowest BCUT2D eigenvalue weighted by Gasteiger charge is -2.18. The molecule has 0 rings (SSSR count). The highest BCUT2D eigenvalue weighted by Crippen LogP contribution is 1.96. The highest BCUT2D eigenvalue weighted by molar-refractivity contribution is 5.78. The minimum atomic E-state index is -0.587. The van der Waals surface area contributed by atoms with Gasteiger partial charge in [-0.15, -0.1) is 6.42 Å². The van der Waals surface area contributed by atoms with Crippen molar-refractivity contribution in [3.8, 4) is 12.3 Å². The second-order valence-electron chi connectivity index (χ2n) is 2.52. The van der Waals surface area contributed by atoms with Crippen LogP contribution in [0.15, 0.2) is 0 Å². The van der Waals surface area contributed by atoms with E-state index in [4.69, 9.17) is 12.2 Å². The minimum Gasteiger partial charge on any atom is -0.339 e. The molecule has 3 N–H and O–H groups in total. The average molecular weight is 140 g/mol. The van der Waals surface area contributed by atoms with Gasteiger partial charge in [-0.3, -0.25) is 4.79 Å². The Morgan fingerprint density at radius 1 is 1.80 bits per heavy atom. The van der Waals surface area contributed by atoms with E-state index >= 15 is 0 Å². The summed E-state index contributed by atoms with van der Waals surface area (Å²) >= 11 is 0. The minimum absolute atomic E-state index is 0.0227. The summed E-state index contributed by atoms with van der Waals surface area (Å²) in [6.45, 7) is 3.45. The molecule has 0 atom stereocenters. The van der Waals surface area contributed by atoms with E-state index in [1.807, 2.05) is 0 Å². The Kier molecular flexibility index (Phi) is 2.91. The van der Waals surface area contributed by atoms with E-state index in [0.717, 1.165) is 0 Å². The maximum atomic E-state index is 10.7. The van der Waals surface area contributed by atoms with Gasteiger partial charge in [0.05, 0.1) is 12.1 Å². The maximum absolute atomic E-state index is 10.7. The van der Waals surface area contributed by atoms with Crippen molar-refractivity contribution in [2.24, 2.45) is 5.73 Å². The second kappa shape index (κ2) is 3.23. The second-order valence-corrected chi connectivity index (χ2v) is 2.52. The van der Waals surface area contributed by atoms with Gasteiger partial charge >= 0.3 is 0 Å². The topological polar surface area (TPSA) is 55.1 Å². The molecule has 0 aromatic carbocycles. The van der Waals surface area contributed by atoms with E-state index in [1.165, 1.54) is 0 Å². The van der Waals surface area contributed by atoms with Gasteiger partial charge in [0, 0.05) is 0 Å². The van der Waals surface area contributed by atoms with Crippen LogP contribution in [0.1, 0.15) is 13.8 Å². The molecular weight excluding hydrogens is 128 g/mol. The molecule has 10 heavy (non-hydrogen) atoms. The Labute approximate surface area is 61.0 Å². The number of carbonyl (C=O) groups is 1. The number of hydrogen-bond acceptors (Lipinski definition) is 2. The largest absolute Gasteiger partial charge is 0.339 e. The van der Waals surface area contributed by atoms with Crippen molar-refractivity contribution in [3.05, 3.63) is 0 Å². The van der Waals surface area contributed by atoms with Crippen LogP contribution in [0.25, 0.3) is 0 Å². The van der Waals surface area contributed by atoms with Crippen molar-refractivity contribution < 1.29 is 4.79 Å². The quantitative estimate of drug-likeness (QED) is 0.507. The van der Waals surface area contributed by atoms with E-state index < -0.39 is 5.54 Å². The SMILES string of the molecule is C#CC(C)(C)NC(=O)CN. The van der Waals surface area contributed by atoms with Gasteiger partial charge in [-0.1, -0.05) is 5.92 Å². The maximum Gasteiger partial charge on any atom is 0.234 e. The van der Waals surface area contributed by atoms with Crippen LogP contribution < -0.4 is 11.1 Å². The first-order chi connectivity index (χ1) is 4.52. The number of nitrogens with one attached hydrogen (secondary N) is 1. The van der Waals surface area contributed by atoms with E-state index in [0.29, 0.717) is 0 Å². The van der Waals surface area contributed by atoms with Crippen molar-refractivity contribution in [1.82, 2.24) is 5.32 Å². The van der Waals surface area contributed by atoms with Gasteiger partial charge in [0.15, 0.2) is 0 Å². The van der Waals surface area contributed by atoms with Crippen molar-refractivity contribution >= 4 is 5.91 Å². The first-order valence-electron chi connectivity index (χ1n) is 3.00. The molecule has 0 aliphatic carbocycles. The third-order valence-electron chi connectivity index (χ3n) is 0.998. The Bertz CT molecular complexity index is 167. The Morgan fingerprint density at radius 3 is 2.60 bits per heavy atom. The lowest BCUT2D eigenvalue weighted by molar-refractivity contribution is -0.120. The van der Waals surface area contributed by atoms with Gasteiger partial charge in [-0.25, -0.2) is 0 Å². The van der Waals surface area contributed by atoms with E-state index in [1.54, 1.807) is 13.8 Å². The third kappa shape index (κ3) is 3.10. The molecule has 0 unspecified atom stereocenters. The highest BCUT2D eigenvalue weighted by atomic mass is 16.1. The summed E-state index contributed by atoms with van der Waals surface area (Å²) in [5.74, 6) is 2.19. The fraction of sp³-hybridized carbons (Fsp3) is 0.571. The fourth-order valence-electron chi connectivity index (χ4n) is 0.436. The number of nitrogens with two attached hydrogens (primary N) is 1. The summed E-state index contributed by atoms with van der Waals surface area (Å²) in [7, 11) is 0. The highest BCUT2D eigenvalue weighted by Gasteiger charge is 2.14. The van der Waals surface area contributed by atoms with Crippen LogP contribution in [0.2, 0.25) is 0 Å². The van der Waals surface area contributed by atoms with Gasteiger partial charge in [0.25, 0.3) is 0 Å². The predicted octanol–water partition coefficient (Wildman–Crippen LogP) is -0.527. The first kappa shape index (κ1) is 8.99. The van der Waals surface area contributed by atoms with Crippen LogP contribution >= 0.6 is 0 Å². The summed E-state index contributed by atoms with van der Waals surface area (Å²) in [6.07, 6.45) is 5.10. The Hall–Kier alpha value is -1.01. The molecule has 0 spiro atoms. The van der Waals surface area contributed by atoms with E-state index in [2.05, 4.69) is 11.2 Å². The molecule has 3 nitrogen and oxygen atoms in total. The molecule has 0 aliphatic rings. The zero-order valence-electron chi connectivity index (χ0n) is 6.27. The molecule has 0 saturated carbocycles. The first-order valence-corrected chi connectivity index (χ1v) is 3.00. The molecule has 1 amide bonds. The van der Waals surface area contributed by atoms with E-state index in [-0.39, 0.29) is 12.5 Å². The van der Waals surface area contributed by atoms with Gasteiger partial charge in [-0.05, 0) is 13.8 Å². The molecule has 0 aromatic heterocycles. The van der Waals surface area contributed by atoms with Crippen molar-refractivity contribution in [2.45, 2.75) is 19.4 Å². The number of carbonyl (C=O) groups excluding carboxylic acids is 1. The molecule has 0 aromatic rings. The van der Waals surface area contributed by atoms with Crippen LogP contribution in [0.5, 0.6) is 0 Å². The lowest BCUT2D eigenvalue weighted by atomic mass is 10.1. The predicted molar refractivity (Wildman–Crippen MR) is 40.1 cm³/mol. The van der Waals surface area contributed by atoms with Gasteiger partial charge in [-0.2, -0.15) is 0 Å². The summed E-state index contributed by atoms with van der Waals surface area (Å²) in [5, 5.41) is 2.56. The average Bonchev–Trinajstić information content (AvgIpc) is 1.87. The van der Waals surface area contributed by atoms with Crippen molar-refractivity contribution in [1.29, 1.82) is 0 Å². The van der Waals surface area contributed by atoms with Crippen LogP contribution in [0, 0.1) is 12.3 Å². The van der Waals surface area contributed by atoms with Crippen molar-refractivity contribution in [2.75, 3.05) is 6.54 Å². The normalized spacial score (nSPS) is 10.2. The summed E-state index contributed by atoms with van der Waals surface area (Å²) in [5.41, 5.74) is 4.47. The van der Waals surface area contributed by atoms with Gasteiger partial charge in [0.1, 0.15) is 0 Å². The lowest BCUT2D eigenvalue weighted by Crippen LogP contribution is -2.44. The van der Waals surface area contributed by atoms with Gasteiger partial charge in [0.2, 0.25) is 5.91 Å². The number of hydrogen-bond donors (Lipinski definition) is 2. The molecule has 0 fully saturated rings. The zero-order valence-corrected chi connectivity index (χ0v) is 6.27. The molecule has 0 saturated heterocycles. The molecule has 56 valence electrons. The van der Waals surface area contributed by atoms with Crippen LogP contribution in [-0.2, 0) is 4.79 Å². The smallest absolute Gasteiger partial charge is 0.234 e. The molecular formula is C7H12N2O. The molecule has 0 aliphatic heterocycles. The Morgan fingerprint density at radius 2 is 2.30 bits per heavy atom. The number of terminal acetylenes is 1. The summed E-state index contributed by atoms with van der Waals surface area (Å²) < 4.78 is 0. The van der Waals surface area contributed by atoms with E-state index in [9.17, 15) is 4.79 Å². The zero-order chi connectivity index (χ0) is 8.20. The number of rotatable bonds is 2. The monoisotopic (exact) mass is 140 g/mol. The molecule has 3 heteroatoms. The summed E-state index contributed by atoms with van der Waals surface area (Å²) in [6, 6.07) is 0. The Balaban J connectivity index is 3.92. The standard InChI is InChI=1S/C7H12N2O/c1-4-7(2,3)9-6(10)5-8/h1H,5,8H2,2-3H3,(H,9,10). The van der Waals surface area contributed by atoms with Crippen LogP contribution in [0.4, 0.5) is 0 Å². The molecule has 0 bridgehead atoms. The number of amides is 1. The van der Waals surface area contributed by atoms with Crippen LogP contribution in [-0.4, -0.2) is 18.0 Å². The van der Waals surface area contributed by atoms with Gasteiger partial charge < -0.3 is 11.1 Å². The molecule has 0 heterocycles. The fourth-order valence-corrected chi connectivity index (χ4v) is 0.436. The summed E-state index contributed by atoms with van der Waals surface area (Å²) in [4.78, 5) is 10.7. The third-order valence-corrected chi connectivity index (χ3v) is 0.998. The van der Waals surface area contributed by atoms with Crippen molar-refractivity contribution in [3.63, 3.8) is 0 Å². The molecule has 0 radical (unpaired) electrons.